The molecule has 0 spiro atoms. The molecule has 10 heteroatoms. The summed E-state index contributed by atoms with van der Waals surface area (Å²) in [5.41, 5.74) is 8.48. The highest BCUT2D eigenvalue weighted by atomic mass is 32.3. The van der Waals surface area contributed by atoms with Crippen LogP contribution in [0.2, 0.25) is 0 Å². The fourth-order valence-corrected chi connectivity index (χ4v) is 5.13. The Morgan fingerprint density at radius 3 is 2.23 bits per heavy atom. The Morgan fingerprint density at radius 2 is 1.73 bits per heavy atom. The number of benzene rings is 1. The van der Waals surface area contributed by atoms with Gasteiger partial charge in [0.05, 0.1) is 6.61 Å². The molecule has 2 heterocycles. The van der Waals surface area contributed by atoms with Gasteiger partial charge in [0.25, 0.3) is 5.69 Å². The number of anilines is 1. The molecular weight excluding hydrogens is 444 g/mol. The van der Waals surface area contributed by atoms with Crippen molar-refractivity contribution in [3.05, 3.63) is 71.4 Å². The number of nitrogen functional groups attached to an aromatic ring is 1. The van der Waals surface area contributed by atoms with E-state index in [0.29, 0.717) is 16.1 Å². The van der Waals surface area contributed by atoms with Gasteiger partial charge in [-0.15, -0.1) is 23.1 Å². The maximum atomic E-state index is 12.8. The molecule has 7 nitrogen and oxygen atoms in total. The predicted octanol–water partition coefficient (Wildman–Crippen LogP) is 3.43. The van der Waals surface area contributed by atoms with E-state index in [1.165, 1.54) is 18.3 Å². The van der Waals surface area contributed by atoms with E-state index in [1.54, 1.807) is 11.8 Å². The van der Waals surface area contributed by atoms with Gasteiger partial charge in [0, 0.05) is 17.7 Å². The number of pyridine rings is 1. The topological polar surface area (TPSA) is 113 Å². The van der Waals surface area contributed by atoms with Gasteiger partial charge >= 0.3 is 0 Å². The van der Waals surface area contributed by atoms with Gasteiger partial charge in [0.15, 0.2) is 12.4 Å². The summed E-state index contributed by atoms with van der Waals surface area (Å²) in [5.74, 6) is 0.910. The first-order valence-corrected chi connectivity index (χ1v) is 12.1. The van der Waals surface area contributed by atoms with Gasteiger partial charge in [-0.05, 0) is 12.7 Å². The first kappa shape index (κ1) is 24.0. The molecule has 0 fully saturated rings. The second-order valence-electron chi connectivity index (χ2n) is 5.71. The Morgan fingerprint density at radius 1 is 1.13 bits per heavy atom. The van der Waals surface area contributed by atoms with Crippen molar-refractivity contribution in [3.8, 4) is 5.69 Å². The van der Waals surface area contributed by atoms with Gasteiger partial charge in [-0.3, -0.25) is 8.98 Å². The highest BCUT2D eigenvalue weighted by Gasteiger charge is 2.27. The maximum absolute atomic E-state index is 12.8. The molecule has 160 valence electrons. The molecule has 30 heavy (non-hydrogen) atoms. The lowest BCUT2D eigenvalue weighted by atomic mass is 10.1. The van der Waals surface area contributed by atoms with E-state index >= 15 is 0 Å². The van der Waals surface area contributed by atoms with E-state index in [1.807, 2.05) is 65.5 Å². The average molecular weight is 467 g/mol. The molecule has 0 amide bonds. The SMILES string of the molecule is CCOS(=O)(=O)[O-].CCSc1sc(C(=O)c2ccccc2)c(N)c1-[n+]1ccccc1. The number of nitrogens with zero attached hydrogens (tertiary/aromatic N) is 1. The number of ketones is 1. The van der Waals surface area contributed by atoms with Crippen molar-refractivity contribution in [3.63, 3.8) is 0 Å². The van der Waals surface area contributed by atoms with Crippen LogP contribution in [-0.2, 0) is 14.6 Å². The second-order valence-corrected chi connectivity index (χ2v) is 9.31. The van der Waals surface area contributed by atoms with Crippen molar-refractivity contribution < 1.29 is 26.5 Å². The van der Waals surface area contributed by atoms with Gasteiger partial charge in [-0.25, -0.2) is 8.42 Å². The van der Waals surface area contributed by atoms with Gasteiger partial charge < -0.3 is 10.3 Å². The Bertz CT molecular complexity index is 1070. The largest absolute Gasteiger partial charge is 0.726 e. The monoisotopic (exact) mass is 466 g/mol. The van der Waals surface area contributed by atoms with Gasteiger partial charge in [-0.1, -0.05) is 43.3 Å². The second kappa shape index (κ2) is 11.2. The standard InChI is InChI=1S/C18H16N2OS2.C2H6O4S/c1-2-22-18-15(20-11-7-4-8-12-20)14(19)17(23-18)16(21)13-9-5-3-6-10-13;1-2-6-7(3,4)5/h3-12H,2H2,1H3,(H-,19,21);2H2,1H3,(H,3,4,5). The molecule has 0 radical (unpaired) electrons. The highest BCUT2D eigenvalue weighted by molar-refractivity contribution is 8.01. The Hall–Kier alpha value is -2.24. The molecule has 3 aromatic rings. The lowest BCUT2D eigenvalue weighted by molar-refractivity contribution is -0.596. The fraction of sp³-hybridized carbons (Fsp3) is 0.200. The van der Waals surface area contributed by atoms with E-state index in [4.69, 9.17) is 5.73 Å². The molecule has 0 saturated carbocycles. The van der Waals surface area contributed by atoms with E-state index in [9.17, 15) is 17.8 Å². The number of hydrogen-bond acceptors (Lipinski definition) is 8. The summed E-state index contributed by atoms with van der Waals surface area (Å²) in [5, 5.41) is 0. The summed E-state index contributed by atoms with van der Waals surface area (Å²) >= 11 is 3.19. The Balaban J connectivity index is 0.000000396. The zero-order chi connectivity index (χ0) is 22.1. The van der Waals surface area contributed by atoms with Crippen molar-refractivity contribution >= 4 is 45.0 Å². The zero-order valence-electron chi connectivity index (χ0n) is 16.5. The molecule has 0 atom stereocenters. The van der Waals surface area contributed by atoms with Crippen LogP contribution in [0.5, 0.6) is 0 Å². The summed E-state index contributed by atoms with van der Waals surface area (Å²) in [6.45, 7) is 3.43. The number of carbonyl (C=O) groups is 1. The molecule has 0 aliphatic rings. The van der Waals surface area contributed by atoms with Crippen LogP contribution in [0.15, 0.2) is 65.1 Å². The Labute approximate surface area is 184 Å². The molecule has 1 aromatic carbocycles. The van der Waals surface area contributed by atoms with Crippen molar-refractivity contribution in [1.29, 1.82) is 0 Å². The minimum Gasteiger partial charge on any atom is -0.726 e. The third kappa shape index (κ3) is 6.64. The quantitative estimate of drug-likeness (QED) is 0.187. The molecular formula is C20H22N2O5S3. The first-order chi connectivity index (χ1) is 14.3. The summed E-state index contributed by atoms with van der Waals surface area (Å²) in [6, 6.07) is 15.1. The maximum Gasteiger partial charge on any atom is 0.259 e. The lowest BCUT2D eigenvalue weighted by Gasteiger charge is -2.02. The Kier molecular flexibility index (Phi) is 9.00. The normalized spacial score (nSPS) is 10.9. The molecule has 0 aliphatic heterocycles. The molecule has 0 saturated heterocycles. The third-order valence-corrected chi connectivity index (χ3v) is 6.50. The van der Waals surface area contributed by atoms with Crippen molar-refractivity contribution in [2.75, 3.05) is 18.1 Å². The van der Waals surface area contributed by atoms with Gasteiger partial charge in [0.2, 0.25) is 16.2 Å². The molecule has 2 N–H and O–H groups in total. The van der Waals surface area contributed by atoms with E-state index in [0.717, 1.165) is 15.6 Å². The third-order valence-electron chi connectivity index (χ3n) is 3.64. The van der Waals surface area contributed by atoms with Crippen LogP contribution in [-0.4, -0.2) is 31.1 Å². The van der Waals surface area contributed by atoms with Crippen molar-refractivity contribution in [2.24, 2.45) is 0 Å². The molecule has 0 aliphatic carbocycles. The summed E-state index contributed by atoms with van der Waals surface area (Å²) in [7, 11) is -4.42. The average Bonchev–Trinajstić information content (AvgIpc) is 3.04. The van der Waals surface area contributed by atoms with Crippen LogP contribution in [0.3, 0.4) is 0 Å². The van der Waals surface area contributed by atoms with E-state index in [-0.39, 0.29) is 12.4 Å². The summed E-state index contributed by atoms with van der Waals surface area (Å²) in [6.07, 6.45) is 3.91. The molecule has 3 rings (SSSR count). The molecule has 0 bridgehead atoms. The summed E-state index contributed by atoms with van der Waals surface area (Å²) < 4.78 is 35.1. The molecule has 2 aromatic heterocycles. The number of thioether (sulfide) groups is 1. The predicted molar refractivity (Wildman–Crippen MR) is 118 cm³/mol. The van der Waals surface area contributed by atoms with Crippen molar-refractivity contribution in [1.82, 2.24) is 0 Å². The minimum absolute atomic E-state index is 0.0196. The number of aromatic nitrogens is 1. The zero-order valence-corrected chi connectivity index (χ0v) is 18.9. The number of carbonyl (C=O) groups excluding carboxylic acids is 1. The number of thiophene rings is 1. The van der Waals surface area contributed by atoms with Crippen LogP contribution in [0.1, 0.15) is 29.1 Å². The van der Waals surface area contributed by atoms with Crippen molar-refractivity contribution in [2.45, 2.75) is 18.1 Å². The fourth-order valence-electron chi connectivity index (χ4n) is 2.47. The number of rotatable bonds is 7. The van der Waals surface area contributed by atoms with Gasteiger partial charge in [-0.2, -0.15) is 4.57 Å². The van der Waals surface area contributed by atoms with Gasteiger partial charge in [0.1, 0.15) is 14.8 Å². The minimum atomic E-state index is -4.42. The van der Waals surface area contributed by atoms with Crippen LogP contribution < -0.4 is 10.3 Å². The van der Waals surface area contributed by atoms with Crippen LogP contribution >= 0.6 is 23.1 Å². The lowest BCUT2D eigenvalue weighted by Crippen LogP contribution is -2.30. The number of nitrogens with two attached hydrogens (primary N) is 1. The van der Waals surface area contributed by atoms with Crippen LogP contribution in [0.4, 0.5) is 5.69 Å². The van der Waals surface area contributed by atoms with Crippen LogP contribution in [0.25, 0.3) is 5.69 Å². The smallest absolute Gasteiger partial charge is 0.259 e. The summed E-state index contributed by atoms with van der Waals surface area (Å²) in [4.78, 5) is 13.4. The highest BCUT2D eigenvalue weighted by Crippen LogP contribution is 2.39. The van der Waals surface area contributed by atoms with E-state index in [2.05, 4.69) is 11.1 Å². The van der Waals surface area contributed by atoms with Crippen LogP contribution in [0, 0.1) is 0 Å². The van der Waals surface area contributed by atoms with E-state index < -0.39 is 10.4 Å². The molecule has 0 unspecified atom stereocenters. The number of hydrogen-bond donors (Lipinski definition) is 1. The first-order valence-electron chi connectivity index (χ1n) is 9.00.